The van der Waals surface area contributed by atoms with E-state index >= 15 is 0 Å². The summed E-state index contributed by atoms with van der Waals surface area (Å²) < 4.78 is 4.92. The summed E-state index contributed by atoms with van der Waals surface area (Å²) in [6.45, 7) is -0.0852. The van der Waals surface area contributed by atoms with Gasteiger partial charge in [-0.3, -0.25) is 19.2 Å². The zero-order valence-electron chi connectivity index (χ0n) is 17.5. The highest BCUT2D eigenvalue weighted by atomic mass is 16.5. The Morgan fingerprint density at radius 2 is 1.55 bits per heavy atom. The van der Waals surface area contributed by atoms with E-state index in [-0.39, 0.29) is 30.2 Å². The number of esters is 1. The maximum atomic E-state index is 12.8. The van der Waals surface area contributed by atoms with Crippen LogP contribution in [0.15, 0.2) is 0 Å². The van der Waals surface area contributed by atoms with Crippen LogP contribution in [0.4, 0.5) is 0 Å². The van der Waals surface area contributed by atoms with E-state index in [1.165, 1.54) is 24.2 Å². The van der Waals surface area contributed by atoms with Crippen molar-refractivity contribution in [1.29, 1.82) is 0 Å². The molecule has 0 aromatic carbocycles. The fourth-order valence-electron chi connectivity index (χ4n) is 5.61. The molecule has 0 aliphatic heterocycles. The molecule has 0 atom stereocenters. The molecule has 2 N–H and O–H groups in total. The number of carbonyl (C=O) groups is 4. The van der Waals surface area contributed by atoms with Crippen molar-refractivity contribution in [3.8, 4) is 0 Å². The second-order valence-corrected chi connectivity index (χ2v) is 9.28. The first-order valence-electron chi connectivity index (χ1n) is 10.7. The summed E-state index contributed by atoms with van der Waals surface area (Å²) in [7, 11) is 3.19. The van der Waals surface area contributed by atoms with Crippen molar-refractivity contribution in [3.05, 3.63) is 0 Å². The lowest BCUT2D eigenvalue weighted by Crippen LogP contribution is -2.53. The molecule has 8 heteroatoms. The standard InChI is InChI=1S/C21H33N3O5/c1-24(2)18(26)12-23-17(25)13-29-19(27)4-3-5-22-20(28)21-9-14-6-15(10-21)8-16(7-14)11-21/h14-16H,3-13H2,1-2H3,(H,22,28)(H,23,25). The Morgan fingerprint density at radius 3 is 2.10 bits per heavy atom. The number of ether oxygens (including phenoxy) is 1. The molecular weight excluding hydrogens is 374 g/mol. The molecular formula is C21H33N3O5. The fraction of sp³-hybridized carbons (Fsp3) is 0.810. The Bertz CT molecular complexity index is 625. The number of hydrogen-bond donors (Lipinski definition) is 2. The molecule has 0 radical (unpaired) electrons. The normalized spacial score (nSPS) is 29.2. The zero-order chi connectivity index (χ0) is 21.0. The van der Waals surface area contributed by atoms with Crippen LogP contribution < -0.4 is 10.6 Å². The van der Waals surface area contributed by atoms with Gasteiger partial charge in [-0.05, 0) is 62.7 Å². The van der Waals surface area contributed by atoms with Crippen molar-refractivity contribution in [2.45, 2.75) is 51.4 Å². The minimum absolute atomic E-state index is 0.125. The quantitative estimate of drug-likeness (QED) is 0.435. The molecule has 4 rings (SSSR count). The van der Waals surface area contributed by atoms with Crippen molar-refractivity contribution in [2.75, 3.05) is 33.8 Å². The van der Waals surface area contributed by atoms with Crippen molar-refractivity contribution in [2.24, 2.45) is 23.2 Å². The van der Waals surface area contributed by atoms with Gasteiger partial charge < -0.3 is 20.3 Å². The van der Waals surface area contributed by atoms with Gasteiger partial charge in [-0.15, -0.1) is 0 Å². The molecule has 4 fully saturated rings. The molecule has 4 bridgehead atoms. The number of rotatable bonds is 9. The number of likely N-dealkylation sites (N-methyl/N-ethyl adjacent to an activating group) is 1. The summed E-state index contributed by atoms with van der Waals surface area (Å²) in [6, 6.07) is 0. The summed E-state index contributed by atoms with van der Waals surface area (Å²) in [5, 5.41) is 5.44. The first kappa shape index (κ1) is 21.6. The Balaban J connectivity index is 1.28. The molecule has 3 amide bonds. The fourth-order valence-corrected chi connectivity index (χ4v) is 5.61. The molecule has 29 heavy (non-hydrogen) atoms. The molecule has 162 valence electrons. The van der Waals surface area contributed by atoms with Crippen LogP contribution in [0.25, 0.3) is 0 Å². The average Bonchev–Trinajstić information content (AvgIpc) is 2.66. The largest absolute Gasteiger partial charge is 0.456 e. The topological polar surface area (TPSA) is 105 Å². The Hall–Kier alpha value is -2.12. The maximum absolute atomic E-state index is 12.8. The van der Waals surface area contributed by atoms with Gasteiger partial charge in [-0.25, -0.2) is 0 Å². The lowest BCUT2D eigenvalue weighted by molar-refractivity contribution is -0.149. The summed E-state index contributed by atoms with van der Waals surface area (Å²) in [6.07, 6.45) is 7.61. The van der Waals surface area contributed by atoms with E-state index in [0.717, 1.165) is 37.0 Å². The number of amides is 3. The van der Waals surface area contributed by atoms with Crippen LogP contribution in [0.2, 0.25) is 0 Å². The highest BCUT2D eigenvalue weighted by Crippen LogP contribution is 2.60. The predicted octanol–water partition coefficient (Wildman–Crippen LogP) is 0.847. The van der Waals surface area contributed by atoms with E-state index in [9.17, 15) is 19.2 Å². The van der Waals surface area contributed by atoms with Crippen molar-refractivity contribution < 1.29 is 23.9 Å². The summed E-state index contributed by atoms with van der Waals surface area (Å²) in [5.74, 6) is 1.10. The molecule has 0 unspecified atom stereocenters. The third-order valence-electron chi connectivity index (χ3n) is 6.66. The van der Waals surface area contributed by atoms with E-state index < -0.39 is 18.5 Å². The first-order chi connectivity index (χ1) is 13.8. The summed E-state index contributed by atoms with van der Waals surface area (Å²) >= 11 is 0. The molecule has 0 saturated heterocycles. The number of nitrogens with one attached hydrogen (secondary N) is 2. The van der Waals surface area contributed by atoms with Crippen LogP contribution in [0.3, 0.4) is 0 Å². The van der Waals surface area contributed by atoms with Crippen LogP contribution in [-0.4, -0.2) is 62.4 Å². The number of nitrogens with zero attached hydrogens (tertiary/aromatic N) is 1. The van der Waals surface area contributed by atoms with Gasteiger partial charge in [0.15, 0.2) is 6.61 Å². The van der Waals surface area contributed by atoms with Gasteiger partial charge in [0.05, 0.1) is 6.54 Å². The first-order valence-corrected chi connectivity index (χ1v) is 10.7. The molecule has 4 aliphatic carbocycles. The second kappa shape index (κ2) is 9.13. The Labute approximate surface area is 172 Å². The van der Waals surface area contributed by atoms with Crippen LogP contribution in [0.1, 0.15) is 51.4 Å². The van der Waals surface area contributed by atoms with Crippen molar-refractivity contribution >= 4 is 23.7 Å². The van der Waals surface area contributed by atoms with E-state index in [4.69, 9.17) is 4.74 Å². The summed E-state index contributed by atoms with van der Waals surface area (Å²) in [4.78, 5) is 48.9. The molecule has 8 nitrogen and oxygen atoms in total. The minimum Gasteiger partial charge on any atom is -0.456 e. The molecule has 0 heterocycles. The predicted molar refractivity (Wildman–Crippen MR) is 106 cm³/mol. The van der Waals surface area contributed by atoms with Gasteiger partial charge in [0.2, 0.25) is 11.8 Å². The minimum atomic E-state index is -0.510. The molecule has 0 spiro atoms. The van der Waals surface area contributed by atoms with Crippen LogP contribution in [0, 0.1) is 23.2 Å². The van der Waals surface area contributed by atoms with Crippen LogP contribution in [0.5, 0.6) is 0 Å². The highest BCUT2D eigenvalue weighted by Gasteiger charge is 2.54. The average molecular weight is 408 g/mol. The van der Waals surface area contributed by atoms with Crippen LogP contribution in [-0.2, 0) is 23.9 Å². The van der Waals surface area contributed by atoms with Crippen molar-refractivity contribution in [3.63, 3.8) is 0 Å². The zero-order valence-corrected chi connectivity index (χ0v) is 17.5. The SMILES string of the molecule is CN(C)C(=O)CNC(=O)COC(=O)CCCNC(=O)C12CC3CC(CC(C3)C1)C2. The van der Waals surface area contributed by atoms with Gasteiger partial charge in [0, 0.05) is 32.5 Å². The lowest BCUT2D eigenvalue weighted by Gasteiger charge is -2.55. The van der Waals surface area contributed by atoms with Gasteiger partial charge in [-0.2, -0.15) is 0 Å². The third kappa shape index (κ3) is 5.48. The highest BCUT2D eigenvalue weighted by molar-refractivity contribution is 5.86. The monoisotopic (exact) mass is 407 g/mol. The molecule has 0 aromatic rings. The van der Waals surface area contributed by atoms with Crippen molar-refractivity contribution in [1.82, 2.24) is 15.5 Å². The second-order valence-electron chi connectivity index (χ2n) is 9.28. The number of carbonyl (C=O) groups excluding carboxylic acids is 4. The van der Waals surface area contributed by atoms with Gasteiger partial charge in [0.25, 0.3) is 5.91 Å². The van der Waals surface area contributed by atoms with E-state index in [1.807, 2.05) is 0 Å². The molecule has 0 aromatic heterocycles. The lowest BCUT2D eigenvalue weighted by atomic mass is 9.49. The Morgan fingerprint density at radius 1 is 0.966 bits per heavy atom. The maximum Gasteiger partial charge on any atom is 0.306 e. The van der Waals surface area contributed by atoms with Gasteiger partial charge >= 0.3 is 5.97 Å². The Kier molecular flexibility index (Phi) is 6.80. The molecule has 4 aliphatic rings. The van der Waals surface area contributed by atoms with Gasteiger partial charge in [0.1, 0.15) is 0 Å². The van der Waals surface area contributed by atoms with E-state index in [2.05, 4.69) is 10.6 Å². The smallest absolute Gasteiger partial charge is 0.306 e. The molecule has 4 saturated carbocycles. The van der Waals surface area contributed by atoms with Gasteiger partial charge in [-0.1, -0.05) is 0 Å². The van der Waals surface area contributed by atoms with E-state index in [1.54, 1.807) is 14.1 Å². The number of hydrogen-bond acceptors (Lipinski definition) is 5. The third-order valence-corrected chi connectivity index (χ3v) is 6.66. The summed E-state index contributed by atoms with van der Waals surface area (Å²) in [5.41, 5.74) is -0.169. The van der Waals surface area contributed by atoms with Crippen LogP contribution >= 0.6 is 0 Å². The van der Waals surface area contributed by atoms with E-state index in [0.29, 0.717) is 13.0 Å².